The third-order valence-corrected chi connectivity index (χ3v) is 4.77. The Hall–Kier alpha value is -2.05. The molecule has 122 valence electrons. The number of nitrogens with zero attached hydrogens (tertiary/aromatic N) is 2. The van der Waals surface area contributed by atoms with Gasteiger partial charge in [0.05, 0.1) is 16.4 Å². The summed E-state index contributed by atoms with van der Waals surface area (Å²) in [4.78, 5) is 13.4. The van der Waals surface area contributed by atoms with Crippen LogP contribution in [0.4, 0.5) is 0 Å². The zero-order valence-corrected chi connectivity index (χ0v) is 15.3. The molecule has 0 atom stereocenters. The van der Waals surface area contributed by atoms with E-state index >= 15 is 0 Å². The molecule has 2 aromatic carbocycles. The average molecular weight is 402 g/mol. The lowest BCUT2D eigenvalue weighted by Gasteiger charge is -2.06. The van der Waals surface area contributed by atoms with E-state index < -0.39 is 0 Å². The number of carbonyl (C=O) groups is 1. The van der Waals surface area contributed by atoms with Gasteiger partial charge in [0.25, 0.3) is 5.91 Å². The number of thioether (sulfide) groups is 1. The largest absolute Gasteiger partial charge is 0.351 e. The van der Waals surface area contributed by atoms with Crippen molar-refractivity contribution in [2.24, 2.45) is 0 Å². The summed E-state index contributed by atoms with van der Waals surface area (Å²) in [5.74, 6) is 0.784. The monoisotopic (exact) mass is 401 g/mol. The van der Waals surface area contributed by atoms with Gasteiger partial charge in [-0.25, -0.2) is 4.68 Å². The molecule has 0 bridgehead atoms. The quantitative estimate of drug-likeness (QED) is 0.498. The van der Waals surface area contributed by atoms with Crippen molar-refractivity contribution in [1.29, 1.82) is 0 Å². The van der Waals surface area contributed by atoms with Crippen LogP contribution in [0.2, 0.25) is 0 Å². The van der Waals surface area contributed by atoms with Crippen LogP contribution >= 0.6 is 27.7 Å². The maximum Gasteiger partial charge on any atom is 0.251 e. The zero-order chi connectivity index (χ0) is 16.8. The second-order valence-corrected chi connectivity index (χ2v) is 7.15. The van der Waals surface area contributed by atoms with Gasteiger partial charge in [0.15, 0.2) is 0 Å². The van der Waals surface area contributed by atoms with E-state index in [0.29, 0.717) is 12.1 Å². The van der Waals surface area contributed by atoms with Crippen LogP contribution in [0, 0.1) is 0 Å². The molecule has 1 heterocycles. The highest BCUT2D eigenvalue weighted by atomic mass is 79.9. The SMILES string of the molecule is O=C(NCCSc1ccccc1)c1ccc(-n2cc(Br)cn2)cc1. The van der Waals surface area contributed by atoms with E-state index in [-0.39, 0.29) is 5.91 Å². The van der Waals surface area contributed by atoms with Crippen LogP contribution in [0.1, 0.15) is 10.4 Å². The lowest BCUT2D eigenvalue weighted by Crippen LogP contribution is -2.25. The molecule has 0 aliphatic heterocycles. The summed E-state index contributed by atoms with van der Waals surface area (Å²) >= 11 is 5.10. The van der Waals surface area contributed by atoms with E-state index in [1.165, 1.54) is 4.90 Å². The Balaban J connectivity index is 1.50. The normalized spacial score (nSPS) is 10.5. The Morgan fingerprint density at radius 2 is 1.88 bits per heavy atom. The van der Waals surface area contributed by atoms with E-state index in [0.717, 1.165) is 15.9 Å². The first-order valence-corrected chi connectivity index (χ1v) is 9.27. The van der Waals surface area contributed by atoms with Crippen molar-refractivity contribution in [3.8, 4) is 5.69 Å². The second kappa shape index (κ2) is 8.17. The molecule has 6 heteroatoms. The van der Waals surface area contributed by atoms with Gasteiger partial charge in [0.2, 0.25) is 0 Å². The molecule has 0 radical (unpaired) electrons. The minimum Gasteiger partial charge on any atom is -0.351 e. The number of rotatable bonds is 6. The average Bonchev–Trinajstić information content (AvgIpc) is 3.06. The van der Waals surface area contributed by atoms with Crippen LogP contribution < -0.4 is 5.32 Å². The first-order valence-electron chi connectivity index (χ1n) is 7.49. The van der Waals surface area contributed by atoms with Crippen molar-refractivity contribution in [3.63, 3.8) is 0 Å². The van der Waals surface area contributed by atoms with E-state index in [1.54, 1.807) is 22.6 Å². The van der Waals surface area contributed by atoms with E-state index in [1.807, 2.05) is 48.7 Å². The topological polar surface area (TPSA) is 46.9 Å². The summed E-state index contributed by atoms with van der Waals surface area (Å²) in [6.45, 7) is 0.631. The minimum atomic E-state index is -0.0585. The van der Waals surface area contributed by atoms with Crippen molar-refractivity contribution < 1.29 is 4.79 Å². The smallest absolute Gasteiger partial charge is 0.251 e. The van der Waals surface area contributed by atoms with Gasteiger partial charge in [-0.3, -0.25) is 4.79 Å². The van der Waals surface area contributed by atoms with E-state index in [9.17, 15) is 4.79 Å². The molecule has 0 saturated carbocycles. The fraction of sp³-hybridized carbons (Fsp3) is 0.111. The van der Waals surface area contributed by atoms with Gasteiger partial charge in [-0.05, 0) is 52.3 Å². The highest BCUT2D eigenvalue weighted by Crippen LogP contribution is 2.16. The van der Waals surface area contributed by atoms with Crippen LogP contribution in [-0.4, -0.2) is 28.0 Å². The van der Waals surface area contributed by atoms with Crippen LogP contribution in [0.5, 0.6) is 0 Å². The van der Waals surface area contributed by atoms with Gasteiger partial charge >= 0.3 is 0 Å². The second-order valence-electron chi connectivity index (χ2n) is 5.07. The summed E-state index contributed by atoms with van der Waals surface area (Å²) in [7, 11) is 0. The Morgan fingerprint density at radius 3 is 2.54 bits per heavy atom. The fourth-order valence-electron chi connectivity index (χ4n) is 2.16. The third-order valence-electron chi connectivity index (χ3n) is 3.34. The number of benzene rings is 2. The molecule has 0 aliphatic carbocycles. The van der Waals surface area contributed by atoms with Gasteiger partial charge in [-0.15, -0.1) is 11.8 Å². The maximum absolute atomic E-state index is 12.2. The fourth-order valence-corrected chi connectivity index (χ4v) is 3.23. The summed E-state index contributed by atoms with van der Waals surface area (Å²) in [5, 5.41) is 7.16. The molecule has 0 fully saturated rings. The molecular weight excluding hydrogens is 386 g/mol. The van der Waals surface area contributed by atoms with Crippen LogP contribution in [-0.2, 0) is 0 Å². The first kappa shape index (κ1) is 16.8. The highest BCUT2D eigenvalue weighted by Gasteiger charge is 2.06. The molecule has 3 rings (SSSR count). The molecule has 0 aliphatic rings. The summed E-state index contributed by atoms with van der Waals surface area (Å²) in [5.41, 5.74) is 1.56. The lowest BCUT2D eigenvalue weighted by molar-refractivity contribution is 0.0956. The number of hydrogen-bond acceptors (Lipinski definition) is 3. The van der Waals surface area contributed by atoms with Gasteiger partial charge < -0.3 is 5.32 Å². The molecule has 1 N–H and O–H groups in total. The third kappa shape index (κ3) is 4.49. The molecule has 24 heavy (non-hydrogen) atoms. The standard InChI is InChI=1S/C18H16BrN3OS/c19-15-12-21-22(13-15)16-8-6-14(7-9-16)18(23)20-10-11-24-17-4-2-1-3-5-17/h1-9,12-13H,10-11H2,(H,20,23). The Kier molecular flexibility index (Phi) is 5.72. The van der Waals surface area contributed by atoms with Crippen LogP contribution in [0.25, 0.3) is 5.69 Å². The number of amides is 1. The van der Waals surface area contributed by atoms with Crippen LogP contribution in [0.15, 0.2) is 76.4 Å². The molecule has 0 unspecified atom stereocenters. The van der Waals surface area contributed by atoms with E-state index in [4.69, 9.17) is 0 Å². The van der Waals surface area contributed by atoms with Crippen LogP contribution in [0.3, 0.4) is 0 Å². The van der Waals surface area contributed by atoms with Crippen molar-refractivity contribution in [3.05, 3.63) is 77.0 Å². The Bertz CT molecular complexity index is 803. The van der Waals surface area contributed by atoms with Crippen molar-refractivity contribution in [1.82, 2.24) is 15.1 Å². The molecular formula is C18H16BrN3OS. The molecule has 1 aromatic heterocycles. The molecule has 0 saturated heterocycles. The van der Waals surface area contributed by atoms with Crippen molar-refractivity contribution in [2.75, 3.05) is 12.3 Å². The Labute approximate surface area is 153 Å². The first-order chi connectivity index (χ1) is 11.7. The predicted molar refractivity (Wildman–Crippen MR) is 101 cm³/mol. The molecule has 1 amide bonds. The number of nitrogens with one attached hydrogen (secondary N) is 1. The number of hydrogen-bond donors (Lipinski definition) is 1. The molecule has 0 spiro atoms. The molecule has 3 aromatic rings. The maximum atomic E-state index is 12.2. The predicted octanol–water partition coefficient (Wildman–Crippen LogP) is 4.16. The van der Waals surface area contributed by atoms with Crippen molar-refractivity contribution in [2.45, 2.75) is 4.90 Å². The summed E-state index contributed by atoms with van der Waals surface area (Å²) < 4.78 is 2.67. The summed E-state index contributed by atoms with van der Waals surface area (Å²) in [6, 6.07) is 17.5. The van der Waals surface area contributed by atoms with Gasteiger partial charge in [-0.2, -0.15) is 5.10 Å². The van der Waals surface area contributed by atoms with Gasteiger partial charge in [0, 0.05) is 29.0 Å². The zero-order valence-electron chi connectivity index (χ0n) is 12.9. The Morgan fingerprint density at radius 1 is 1.12 bits per heavy atom. The lowest BCUT2D eigenvalue weighted by atomic mass is 10.2. The van der Waals surface area contributed by atoms with E-state index in [2.05, 4.69) is 38.5 Å². The van der Waals surface area contributed by atoms with Gasteiger partial charge in [-0.1, -0.05) is 18.2 Å². The van der Waals surface area contributed by atoms with Gasteiger partial charge in [0.1, 0.15) is 0 Å². The summed E-state index contributed by atoms with van der Waals surface area (Å²) in [6.07, 6.45) is 3.60. The molecule has 4 nitrogen and oxygen atoms in total. The number of halogens is 1. The minimum absolute atomic E-state index is 0.0585. The highest BCUT2D eigenvalue weighted by molar-refractivity contribution is 9.10. The number of aromatic nitrogens is 2. The van der Waals surface area contributed by atoms with Crippen molar-refractivity contribution >= 4 is 33.6 Å². The number of carbonyl (C=O) groups excluding carboxylic acids is 1.